The third kappa shape index (κ3) is 2.75. The van der Waals surface area contributed by atoms with Gasteiger partial charge in [0.2, 0.25) is 0 Å². The minimum absolute atomic E-state index is 0.491. The van der Waals surface area contributed by atoms with Crippen molar-refractivity contribution in [3.05, 3.63) is 103 Å². The highest BCUT2D eigenvalue weighted by atomic mass is 16.4. The summed E-state index contributed by atoms with van der Waals surface area (Å²) in [6.07, 6.45) is 0. The van der Waals surface area contributed by atoms with Gasteiger partial charge in [-0.1, -0.05) is 103 Å². The molecule has 0 saturated heterocycles. The SMILES string of the molecule is OB(O)c1ccc(-c2cccc3ccc4c5ccccc5c5ccccc5c4c23)cc1. The molecule has 31 heavy (non-hydrogen) atoms. The van der Waals surface area contributed by atoms with E-state index in [1.54, 1.807) is 12.1 Å². The third-order valence-corrected chi connectivity index (χ3v) is 6.27. The Balaban J connectivity index is 1.81. The Bertz CT molecular complexity index is 1570. The summed E-state index contributed by atoms with van der Waals surface area (Å²) in [6, 6.07) is 35.5. The lowest BCUT2D eigenvalue weighted by Gasteiger charge is -2.15. The van der Waals surface area contributed by atoms with Crippen molar-refractivity contribution >= 4 is 55.7 Å². The molecule has 0 aliphatic carbocycles. The molecule has 0 spiro atoms. The molecule has 0 aliphatic rings. The number of rotatable bonds is 2. The maximum atomic E-state index is 9.47. The van der Waals surface area contributed by atoms with E-state index >= 15 is 0 Å². The molecular weight excluding hydrogens is 379 g/mol. The van der Waals surface area contributed by atoms with Gasteiger partial charge < -0.3 is 10.0 Å². The Morgan fingerprint density at radius 1 is 0.452 bits per heavy atom. The minimum atomic E-state index is -1.46. The molecule has 146 valence electrons. The number of benzene rings is 6. The summed E-state index contributed by atoms with van der Waals surface area (Å²) >= 11 is 0. The molecule has 2 nitrogen and oxygen atoms in total. The van der Waals surface area contributed by atoms with Crippen molar-refractivity contribution in [3.63, 3.8) is 0 Å². The first kappa shape index (κ1) is 18.1. The minimum Gasteiger partial charge on any atom is -0.423 e. The van der Waals surface area contributed by atoms with Crippen LogP contribution in [0.2, 0.25) is 0 Å². The number of fused-ring (bicyclic) bond motifs is 8. The molecular formula is C28H19BO2. The van der Waals surface area contributed by atoms with Crippen LogP contribution in [0.4, 0.5) is 0 Å². The molecule has 0 aromatic heterocycles. The first-order valence-electron chi connectivity index (χ1n) is 10.4. The standard InChI is InChI=1S/C28H19BO2/c30-29(31)20-15-12-18(13-16-20)21-11-5-6-19-14-17-26-24-9-2-1-7-22(24)23-8-3-4-10-25(23)28(26)27(19)21/h1-17,30-31H. The van der Waals surface area contributed by atoms with E-state index in [0.717, 1.165) is 11.1 Å². The van der Waals surface area contributed by atoms with Crippen LogP contribution in [0.3, 0.4) is 0 Å². The highest BCUT2D eigenvalue weighted by Crippen LogP contribution is 2.41. The molecule has 0 amide bonds. The molecule has 0 atom stereocenters. The second kappa shape index (κ2) is 6.95. The van der Waals surface area contributed by atoms with Gasteiger partial charge in [0.05, 0.1) is 0 Å². The maximum absolute atomic E-state index is 9.47. The second-order valence-corrected chi connectivity index (χ2v) is 7.98. The average Bonchev–Trinajstić information content (AvgIpc) is 2.83. The van der Waals surface area contributed by atoms with E-state index in [4.69, 9.17) is 0 Å². The van der Waals surface area contributed by atoms with Gasteiger partial charge in [-0.25, -0.2) is 0 Å². The molecule has 0 heterocycles. The van der Waals surface area contributed by atoms with Gasteiger partial charge >= 0.3 is 7.12 Å². The summed E-state index contributed by atoms with van der Waals surface area (Å²) in [5.74, 6) is 0. The predicted molar refractivity (Wildman–Crippen MR) is 132 cm³/mol. The summed E-state index contributed by atoms with van der Waals surface area (Å²) in [4.78, 5) is 0. The first-order chi connectivity index (χ1) is 15.2. The second-order valence-electron chi connectivity index (χ2n) is 7.98. The zero-order chi connectivity index (χ0) is 20.9. The molecule has 6 rings (SSSR count). The summed E-state index contributed by atoms with van der Waals surface area (Å²) < 4.78 is 0. The monoisotopic (exact) mass is 398 g/mol. The van der Waals surface area contributed by atoms with Crippen LogP contribution in [0.1, 0.15) is 0 Å². The van der Waals surface area contributed by atoms with Crippen molar-refractivity contribution in [2.45, 2.75) is 0 Å². The Morgan fingerprint density at radius 2 is 1.03 bits per heavy atom. The van der Waals surface area contributed by atoms with Gasteiger partial charge in [-0.2, -0.15) is 0 Å². The van der Waals surface area contributed by atoms with E-state index in [1.165, 1.54) is 43.1 Å². The van der Waals surface area contributed by atoms with Gasteiger partial charge in [0.1, 0.15) is 0 Å². The average molecular weight is 398 g/mol. The summed E-state index contributed by atoms with van der Waals surface area (Å²) in [6.45, 7) is 0. The molecule has 0 fully saturated rings. The van der Waals surface area contributed by atoms with Crippen LogP contribution in [-0.2, 0) is 0 Å². The first-order valence-corrected chi connectivity index (χ1v) is 10.4. The Kier molecular flexibility index (Phi) is 4.07. The van der Waals surface area contributed by atoms with E-state index in [1.807, 2.05) is 12.1 Å². The largest absolute Gasteiger partial charge is 0.488 e. The molecule has 0 unspecified atom stereocenters. The smallest absolute Gasteiger partial charge is 0.423 e. The van der Waals surface area contributed by atoms with E-state index in [0.29, 0.717) is 5.46 Å². The van der Waals surface area contributed by atoms with Crippen molar-refractivity contribution in [1.82, 2.24) is 0 Å². The van der Waals surface area contributed by atoms with E-state index in [-0.39, 0.29) is 0 Å². The summed E-state index contributed by atoms with van der Waals surface area (Å²) in [5, 5.41) is 28.9. The Morgan fingerprint density at radius 3 is 1.68 bits per heavy atom. The van der Waals surface area contributed by atoms with Crippen molar-refractivity contribution in [1.29, 1.82) is 0 Å². The van der Waals surface area contributed by atoms with Crippen molar-refractivity contribution in [2.75, 3.05) is 0 Å². The van der Waals surface area contributed by atoms with Crippen molar-refractivity contribution in [3.8, 4) is 11.1 Å². The van der Waals surface area contributed by atoms with Crippen LogP contribution < -0.4 is 5.46 Å². The molecule has 6 aromatic carbocycles. The molecule has 3 heteroatoms. The molecule has 6 aromatic rings. The van der Waals surface area contributed by atoms with Crippen LogP contribution in [0, 0.1) is 0 Å². The van der Waals surface area contributed by atoms with E-state index in [2.05, 4.69) is 78.9 Å². The van der Waals surface area contributed by atoms with Crippen LogP contribution in [0.15, 0.2) is 103 Å². The Labute approximate surface area is 180 Å². The van der Waals surface area contributed by atoms with E-state index < -0.39 is 7.12 Å². The topological polar surface area (TPSA) is 40.5 Å². The fourth-order valence-corrected chi connectivity index (χ4v) is 4.85. The third-order valence-electron chi connectivity index (χ3n) is 6.27. The lowest BCUT2D eigenvalue weighted by molar-refractivity contribution is 0.426. The van der Waals surface area contributed by atoms with Crippen LogP contribution in [0.25, 0.3) is 54.2 Å². The normalized spacial score (nSPS) is 11.5. The van der Waals surface area contributed by atoms with Gasteiger partial charge in [0.25, 0.3) is 0 Å². The predicted octanol–water partition coefficient (Wildman–Crippen LogP) is 5.65. The zero-order valence-electron chi connectivity index (χ0n) is 16.8. The molecule has 2 N–H and O–H groups in total. The van der Waals surface area contributed by atoms with Gasteiger partial charge in [-0.05, 0) is 59.7 Å². The van der Waals surface area contributed by atoms with Crippen molar-refractivity contribution in [2.24, 2.45) is 0 Å². The highest BCUT2D eigenvalue weighted by Gasteiger charge is 2.15. The fraction of sp³-hybridized carbons (Fsp3) is 0. The van der Waals surface area contributed by atoms with Gasteiger partial charge in [0.15, 0.2) is 0 Å². The fourth-order valence-electron chi connectivity index (χ4n) is 4.85. The van der Waals surface area contributed by atoms with Crippen LogP contribution in [-0.4, -0.2) is 17.2 Å². The highest BCUT2D eigenvalue weighted by molar-refractivity contribution is 6.58. The molecule has 0 radical (unpaired) electrons. The van der Waals surface area contributed by atoms with E-state index in [9.17, 15) is 10.0 Å². The lowest BCUT2D eigenvalue weighted by atomic mass is 9.79. The Hall–Kier alpha value is -3.66. The van der Waals surface area contributed by atoms with Gasteiger partial charge in [-0.15, -0.1) is 0 Å². The summed E-state index contributed by atoms with van der Waals surface area (Å²) in [7, 11) is -1.46. The number of hydrogen-bond acceptors (Lipinski definition) is 2. The summed E-state index contributed by atoms with van der Waals surface area (Å²) in [5.41, 5.74) is 2.69. The number of hydrogen-bond donors (Lipinski definition) is 2. The maximum Gasteiger partial charge on any atom is 0.488 e. The van der Waals surface area contributed by atoms with Gasteiger partial charge in [-0.3, -0.25) is 0 Å². The van der Waals surface area contributed by atoms with Crippen LogP contribution >= 0.6 is 0 Å². The molecule has 0 saturated carbocycles. The molecule has 0 aliphatic heterocycles. The lowest BCUT2D eigenvalue weighted by Crippen LogP contribution is -2.29. The van der Waals surface area contributed by atoms with Crippen LogP contribution in [0.5, 0.6) is 0 Å². The molecule has 0 bridgehead atoms. The quantitative estimate of drug-likeness (QED) is 0.293. The zero-order valence-corrected chi connectivity index (χ0v) is 16.8. The van der Waals surface area contributed by atoms with Crippen molar-refractivity contribution < 1.29 is 10.0 Å². The van der Waals surface area contributed by atoms with Gasteiger partial charge in [0, 0.05) is 0 Å².